The Balaban J connectivity index is 1.75. The molecule has 0 aromatic carbocycles. The molecule has 150 valence electrons. The number of rotatable bonds is 2. The molecule has 5 nitrogen and oxygen atoms in total. The lowest BCUT2D eigenvalue weighted by atomic mass is 9.45. The third kappa shape index (κ3) is 2.30. The third-order valence-corrected chi connectivity index (χ3v) is 8.88. The molecule has 3 fully saturated rings. The molecule has 0 unspecified atom stereocenters. The summed E-state index contributed by atoms with van der Waals surface area (Å²) in [5.74, 6) is 0.721. The lowest BCUT2D eigenvalue weighted by Gasteiger charge is -2.60. The van der Waals surface area contributed by atoms with Gasteiger partial charge in [0.05, 0.1) is 13.2 Å². The Hall–Kier alpha value is -1.20. The molecule has 0 amide bonds. The van der Waals surface area contributed by atoms with Gasteiger partial charge in [0.2, 0.25) is 0 Å². The standard InChI is InChI=1S/C22H32O5/c1-20-9-7-14(23)11-13(20)5-6-15-16-8-10-22(27-4,19(25)26-3)21(16,2)12-17(24)18(15)20/h11,15-18,24H,5-10,12H2,1-4H3/t15-,16-,17-,18+,20-,21-,22-/m0/s1. The number of esters is 1. The highest BCUT2D eigenvalue weighted by molar-refractivity contribution is 5.91. The smallest absolute Gasteiger partial charge is 0.338 e. The van der Waals surface area contributed by atoms with Gasteiger partial charge in [-0.3, -0.25) is 4.79 Å². The van der Waals surface area contributed by atoms with Gasteiger partial charge < -0.3 is 14.6 Å². The molecule has 0 bridgehead atoms. The minimum Gasteiger partial charge on any atom is -0.467 e. The molecule has 4 rings (SSSR count). The molecular formula is C22H32O5. The van der Waals surface area contributed by atoms with Gasteiger partial charge in [-0.15, -0.1) is 0 Å². The van der Waals surface area contributed by atoms with Crippen molar-refractivity contribution in [3.8, 4) is 0 Å². The first-order valence-electron chi connectivity index (χ1n) is 10.3. The maximum Gasteiger partial charge on any atom is 0.338 e. The Bertz CT molecular complexity index is 699. The van der Waals surface area contributed by atoms with Crippen molar-refractivity contribution in [2.75, 3.05) is 14.2 Å². The minimum absolute atomic E-state index is 0.110. The van der Waals surface area contributed by atoms with E-state index >= 15 is 0 Å². The van der Waals surface area contributed by atoms with Crippen molar-refractivity contribution in [1.29, 1.82) is 0 Å². The number of hydrogen-bond donors (Lipinski definition) is 1. The molecule has 0 aromatic heterocycles. The van der Waals surface area contributed by atoms with Crippen molar-refractivity contribution in [3.05, 3.63) is 11.6 Å². The average molecular weight is 376 g/mol. The second kappa shape index (κ2) is 6.15. The van der Waals surface area contributed by atoms with Gasteiger partial charge in [0.15, 0.2) is 11.4 Å². The molecular weight excluding hydrogens is 344 g/mol. The van der Waals surface area contributed by atoms with Gasteiger partial charge in [-0.05, 0) is 67.8 Å². The minimum atomic E-state index is -0.974. The van der Waals surface area contributed by atoms with Gasteiger partial charge in [0.1, 0.15) is 0 Å². The van der Waals surface area contributed by atoms with Gasteiger partial charge in [-0.2, -0.15) is 0 Å². The molecule has 0 heterocycles. The van der Waals surface area contributed by atoms with Gasteiger partial charge in [-0.1, -0.05) is 19.4 Å². The zero-order chi connectivity index (χ0) is 19.6. The zero-order valence-electron chi connectivity index (χ0n) is 16.9. The van der Waals surface area contributed by atoms with E-state index in [1.165, 1.54) is 12.7 Å². The first-order chi connectivity index (χ1) is 12.7. The van der Waals surface area contributed by atoms with Crippen LogP contribution in [0.3, 0.4) is 0 Å². The summed E-state index contributed by atoms with van der Waals surface area (Å²) in [6.07, 6.45) is 6.73. The fraction of sp³-hybridized carbons (Fsp3) is 0.818. The molecule has 27 heavy (non-hydrogen) atoms. The van der Waals surface area contributed by atoms with Crippen LogP contribution in [0.1, 0.15) is 58.8 Å². The largest absolute Gasteiger partial charge is 0.467 e. The lowest BCUT2D eigenvalue weighted by molar-refractivity contribution is -0.204. The molecule has 4 aliphatic carbocycles. The van der Waals surface area contributed by atoms with Crippen LogP contribution in [0.5, 0.6) is 0 Å². The summed E-state index contributed by atoms with van der Waals surface area (Å²) in [5, 5.41) is 11.3. The molecule has 0 spiro atoms. The number of ketones is 1. The van der Waals surface area contributed by atoms with Crippen molar-refractivity contribution in [1.82, 2.24) is 0 Å². The number of carbonyl (C=O) groups is 2. The van der Waals surface area contributed by atoms with E-state index in [4.69, 9.17) is 9.47 Å². The maximum absolute atomic E-state index is 12.7. The Kier molecular flexibility index (Phi) is 4.36. The Morgan fingerprint density at radius 3 is 2.59 bits per heavy atom. The molecule has 3 saturated carbocycles. The molecule has 4 aliphatic rings. The third-order valence-electron chi connectivity index (χ3n) is 8.88. The summed E-state index contributed by atoms with van der Waals surface area (Å²) in [4.78, 5) is 24.7. The number of carbonyl (C=O) groups excluding carboxylic acids is 2. The number of fused-ring (bicyclic) bond motifs is 5. The van der Waals surface area contributed by atoms with Crippen molar-refractivity contribution < 1.29 is 24.2 Å². The predicted molar refractivity (Wildman–Crippen MR) is 99.9 cm³/mol. The summed E-state index contributed by atoms with van der Waals surface area (Å²) in [6.45, 7) is 4.36. The molecule has 0 saturated heterocycles. The van der Waals surface area contributed by atoms with E-state index in [-0.39, 0.29) is 23.1 Å². The van der Waals surface area contributed by atoms with Gasteiger partial charge in [-0.25, -0.2) is 4.79 Å². The number of hydrogen-bond acceptors (Lipinski definition) is 5. The fourth-order valence-corrected chi connectivity index (χ4v) is 7.59. The van der Waals surface area contributed by atoms with Crippen LogP contribution in [0.2, 0.25) is 0 Å². The second-order valence-electron chi connectivity index (χ2n) is 9.64. The lowest BCUT2D eigenvalue weighted by Crippen LogP contribution is -2.62. The van der Waals surface area contributed by atoms with E-state index in [1.54, 1.807) is 7.11 Å². The average Bonchev–Trinajstić information content (AvgIpc) is 2.94. The Morgan fingerprint density at radius 2 is 1.93 bits per heavy atom. The molecule has 5 heteroatoms. The van der Waals surface area contributed by atoms with Crippen LogP contribution < -0.4 is 0 Å². The number of ether oxygens (including phenoxy) is 2. The molecule has 0 aliphatic heterocycles. The summed E-state index contributed by atoms with van der Waals surface area (Å²) in [6, 6.07) is 0. The van der Waals surface area contributed by atoms with Gasteiger partial charge in [0, 0.05) is 18.9 Å². The van der Waals surface area contributed by atoms with Crippen molar-refractivity contribution in [2.45, 2.75) is 70.5 Å². The van der Waals surface area contributed by atoms with E-state index in [1.807, 2.05) is 6.08 Å². The van der Waals surface area contributed by atoms with Crippen LogP contribution in [0.25, 0.3) is 0 Å². The fourth-order valence-electron chi connectivity index (χ4n) is 7.59. The van der Waals surface area contributed by atoms with Crippen LogP contribution in [0, 0.1) is 28.6 Å². The van der Waals surface area contributed by atoms with Crippen molar-refractivity contribution >= 4 is 11.8 Å². The highest BCUT2D eigenvalue weighted by Gasteiger charge is 2.69. The predicted octanol–water partition coefficient (Wildman–Crippen LogP) is 3.05. The topological polar surface area (TPSA) is 72.8 Å². The first kappa shape index (κ1) is 19.1. The van der Waals surface area contributed by atoms with E-state index < -0.39 is 17.1 Å². The van der Waals surface area contributed by atoms with E-state index in [2.05, 4.69) is 13.8 Å². The van der Waals surface area contributed by atoms with Crippen LogP contribution in [-0.4, -0.2) is 42.8 Å². The van der Waals surface area contributed by atoms with Crippen LogP contribution >= 0.6 is 0 Å². The second-order valence-corrected chi connectivity index (χ2v) is 9.64. The normalized spacial score (nSPS) is 48.9. The van der Waals surface area contributed by atoms with Crippen LogP contribution in [-0.2, 0) is 19.1 Å². The summed E-state index contributed by atoms with van der Waals surface area (Å²) < 4.78 is 11.0. The monoisotopic (exact) mass is 376 g/mol. The number of methoxy groups -OCH3 is 2. The molecule has 1 N–H and O–H groups in total. The summed E-state index contributed by atoms with van der Waals surface area (Å²) >= 11 is 0. The van der Waals surface area contributed by atoms with Gasteiger partial charge >= 0.3 is 5.97 Å². The molecule has 0 aromatic rings. The Labute approximate surface area is 161 Å². The van der Waals surface area contributed by atoms with E-state index in [0.717, 1.165) is 25.7 Å². The van der Waals surface area contributed by atoms with Crippen LogP contribution in [0.4, 0.5) is 0 Å². The van der Waals surface area contributed by atoms with Crippen LogP contribution in [0.15, 0.2) is 11.6 Å². The SMILES string of the molecule is COC(=O)[C@@]1(OC)CC[C@H]2[C@@H]3CCC4=CC(=O)CC[C@]4(C)[C@H]3[C@@H](O)C[C@@]21C. The van der Waals surface area contributed by atoms with Crippen molar-refractivity contribution in [2.24, 2.45) is 28.6 Å². The summed E-state index contributed by atoms with van der Waals surface area (Å²) in [5.41, 5.74) is -0.289. The van der Waals surface area contributed by atoms with Gasteiger partial charge in [0.25, 0.3) is 0 Å². The zero-order valence-corrected chi connectivity index (χ0v) is 16.9. The highest BCUT2D eigenvalue weighted by atomic mass is 16.6. The number of aliphatic hydroxyl groups excluding tert-OH is 1. The highest BCUT2D eigenvalue weighted by Crippen LogP contribution is 2.68. The Morgan fingerprint density at radius 1 is 1.19 bits per heavy atom. The molecule has 0 radical (unpaired) electrons. The number of allylic oxidation sites excluding steroid dienone is 1. The quantitative estimate of drug-likeness (QED) is 0.750. The number of aliphatic hydroxyl groups is 1. The summed E-state index contributed by atoms with van der Waals surface area (Å²) in [7, 11) is 3.01. The van der Waals surface area contributed by atoms with E-state index in [9.17, 15) is 14.7 Å². The van der Waals surface area contributed by atoms with E-state index in [0.29, 0.717) is 31.1 Å². The maximum atomic E-state index is 12.7. The molecule has 7 atom stereocenters. The van der Waals surface area contributed by atoms with Crippen molar-refractivity contribution in [3.63, 3.8) is 0 Å². The first-order valence-corrected chi connectivity index (χ1v) is 10.3.